The van der Waals surface area contributed by atoms with E-state index in [9.17, 15) is 4.79 Å². The molecule has 0 aliphatic heterocycles. The number of carbonyl (C=O) groups excluding carboxylic acids is 1. The maximum atomic E-state index is 12.5. The van der Waals surface area contributed by atoms with Crippen molar-refractivity contribution in [2.45, 2.75) is 13.3 Å². The van der Waals surface area contributed by atoms with Crippen molar-refractivity contribution in [2.75, 3.05) is 12.4 Å². The van der Waals surface area contributed by atoms with Gasteiger partial charge in [0.2, 0.25) is 5.91 Å². The Hall–Kier alpha value is -3.28. The summed E-state index contributed by atoms with van der Waals surface area (Å²) < 4.78 is 5.12. The maximum absolute atomic E-state index is 12.5. The Bertz CT molecular complexity index is 926. The molecule has 0 bridgehead atoms. The summed E-state index contributed by atoms with van der Waals surface area (Å²) in [6, 6.07) is 15.1. The van der Waals surface area contributed by atoms with Crippen molar-refractivity contribution in [3.05, 3.63) is 59.8 Å². The van der Waals surface area contributed by atoms with Crippen molar-refractivity contribution in [3.8, 4) is 5.75 Å². The number of aromatic nitrogens is 1. The van der Waals surface area contributed by atoms with Gasteiger partial charge in [0.15, 0.2) is 0 Å². The molecule has 0 aliphatic rings. The number of benzene rings is 2. The van der Waals surface area contributed by atoms with Crippen LogP contribution in [0.5, 0.6) is 5.75 Å². The van der Waals surface area contributed by atoms with Gasteiger partial charge in [0.05, 0.1) is 24.9 Å². The number of amides is 1. The van der Waals surface area contributed by atoms with Crippen LogP contribution in [0.15, 0.2) is 53.6 Å². The van der Waals surface area contributed by atoms with Crippen LogP contribution in [-0.4, -0.2) is 23.7 Å². The van der Waals surface area contributed by atoms with E-state index in [0.29, 0.717) is 5.71 Å². The van der Waals surface area contributed by atoms with Crippen molar-refractivity contribution >= 4 is 28.2 Å². The second-order valence-electron chi connectivity index (χ2n) is 5.69. The van der Waals surface area contributed by atoms with E-state index in [1.807, 2.05) is 31.2 Å². The lowest BCUT2D eigenvalue weighted by Gasteiger charge is -2.07. The Labute approximate surface area is 145 Å². The molecule has 25 heavy (non-hydrogen) atoms. The molecule has 0 fully saturated rings. The van der Waals surface area contributed by atoms with Crippen molar-refractivity contribution in [1.82, 2.24) is 4.98 Å². The molecule has 1 heterocycles. The second kappa shape index (κ2) is 7.09. The summed E-state index contributed by atoms with van der Waals surface area (Å²) in [6.45, 7) is 1.82. The van der Waals surface area contributed by atoms with Crippen molar-refractivity contribution < 1.29 is 9.53 Å². The Morgan fingerprint density at radius 2 is 1.92 bits per heavy atom. The molecule has 3 rings (SSSR count). The van der Waals surface area contributed by atoms with Crippen LogP contribution < -0.4 is 15.9 Å². The first-order valence-electron chi connectivity index (χ1n) is 7.90. The van der Waals surface area contributed by atoms with E-state index in [1.165, 1.54) is 0 Å². The fraction of sp³-hybridized carbons (Fsp3) is 0.158. The SMILES string of the molecule is COc1ccc(NC(=O)Cc2c(/C(C)=N/N)[nH]c3ccccc23)cc1. The molecule has 1 aromatic heterocycles. The average Bonchev–Trinajstić information content (AvgIpc) is 3.00. The monoisotopic (exact) mass is 336 g/mol. The fourth-order valence-corrected chi connectivity index (χ4v) is 2.80. The topological polar surface area (TPSA) is 92.5 Å². The van der Waals surface area contributed by atoms with Gasteiger partial charge in [-0.2, -0.15) is 5.10 Å². The molecule has 1 amide bonds. The van der Waals surface area contributed by atoms with E-state index in [4.69, 9.17) is 10.6 Å². The van der Waals surface area contributed by atoms with E-state index >= 15 is 0 Å². The molecule has 4 N–H and O–H groups in total. The van der Waals surface area contributed by atoms with Gasteiger partial charge < -0.3 is 20.9 Å². The Balaban J connectivity index is 1.87. The number of methoxy groups -OCH3 is 1. The molecule has 128 valence electrons. The summed E-state index contributed by atoms with van der Waals surface area (Å²) in [5.41, 5.74) is 3.99. The number of anilines is 1. The van der Waals surface area contributed by atoms with Crippen molar-refractivity contribution in [1.29, 1.82) is 0 Å². The number of nitrogens with zero attached hydrogens (tertiary/aromatic N) is 1. The molecule has 0 saturated heterocycles. The minimum absolute atomic E-state index is 0.110. The highest BCUT2D eigenvalue weighted by molar-refractivity contribution is 6.06. The minimum atomic E-state index is -0.110. The molecule has 0 aliphatic carbocycles. The molecule has 0 radical (unpaired) electrons. The van der Waals surface area contributed by atoms with E-state index in [2.05, 4.69) is 15.4 Å². The highest BCUT2D eigenvalue weighted by Gasteiger charge is 2.16. The lowest BCUT2D eigenvalue weighted by molar-refractivity contribution is -0.115. The fourth-order valence-electron chi connectivity index (χ4n) is 2.80. The highest BCUT2D eigenvalue weighted by Crippen LogP contribution is 2.24. The van der Waals surface area contributed by atoms with E-state index in [1.54, 1.807) is 31.4 Å². The summed E-state index contributed by atoms with van der Waals surface area (Å²) in [6.07, 6.45) is 0.220. The average molecular weight is 336 g/mol. The molecular weight excluding hydrogens is 316 g/mol. The Kier molecular flexibility index (Phi) is 4.70. The van der Waals surface area contributed by atoms with Crippen LogP contribution in [0.25, 0.3) is 10.9 Å². The standard InChI is InChI=1S/C19H20N4O2/c1-12(23-20)19-16(15-5-3-4-6-17(15)22-19)11-18(24)21-13-7-9-14(25-2)10-8-13/h3-10,22H,11,20H2,1-2H3,(H,21,24)/b23-12+. The van der Waals surface area contributed by atoms with Crippen molar-refractivity contribution in [3.63, 3.8) is 0 Å². The van der Waals surface area contributed by atoms with Crippen LogP contribution in [0, 0.1) is 0 Å². The first-order valence-corrected chi connectivity index (χ1v) is 7.90. The Morgan fingerprint density at radius 3 is 2.60 bits per heavy atom. The number of hydrogen-bond acceptors (Lipinski definition) is 4. The number of ether oxygens (including phenoxy) is 1. The third-order valence-electron chi connectivity index (χ3n) is 4.08. The van der Waals surface area contributed by atoms with Crippen LogP contribution in [0.1, 0.15) is 18.2 Å². The molecule has 2 aromatic carbocycles. The number of nitrogens with one attached hydrogen (secondary N) is 2. The zero-order valence-electron chi connectivity index (χ0n) is 14.2. The zero-order chi connectivity index (χ0) is 17.8. The number of fused-ring (bicyclic) bond motifs is 1. The van der Waals surface area contributed by atoms with Gasteiger partial charge in [-0.1, -0.05) is 18.2 Å². The number of para-hydroxylation sites is 1. The van der Waals surface area contributed by atoms with E-state index in [0.717, 1.165) is 33.6 Å². The van der Waals surface area contributed by atoms with Crippen LogP contribution in [0.4, 0.5) is 5.69 Å². The molecule has 3 aromatic rings. The third-order valence-corrected chi connectivity index (χ3v) is 4.08. The number of carbonyl (C=O) groups is 1. The summed E-state index contributed by atoms with van der Waals surface area (Å²) >= 11 is 0. The largest absolute Gasteiger partial charge is 0.497 e. The summed E-state index contributed by atoms with van der Waals surface area (Å²) in [5, 5.41) is 7.66. The van der Waals surface area contributed by atoms with Gasteiger partial charge in [0.25, 0.3) is 0 Å². The van der Waals surface area contributed by atoms with Gasteiger partial charge >= 0.3 is 0 Å². The van der Waals surface area contributed by atoms with Crippen LogP contribution >= 0.6 is 0 Å². The summed E-state index contributed by atoms with van der Waals surface area (Å²) in [5.74, 6) is 6.06. The smallest absolute Gasteiger partial charge is 0.228 e. The quantitative estimate of drug-likeness (QED) is 0.380. The number of nitrogens with two attached hydrogens (primary N) is 1. The number of aromatic amines is 1. The van der Waals surface area contributed by atoms with Crippen molar-refractivity contribution in [2.24, 2.45) is 10.9 Å². The molecule has 0 spiro atoms. The van der Waals surface area contributed by atoms with Gasteiger partial charge in [0, 0.05) is 16.6 Å². The lowest BCUT2D eigenvalue weighted by Crippen LogP contribution is -2.16. The van der Waals surface area contributed by atoms with E-state index < -0.39 is 0 Å². The molecule has 0 saturated carbocycles. The second-order valence-corrected chi connectivity index (χ2v) is 5.69. The first kappa shape index (κ1) is 16.6. The van der Waals surface area contributed by atoms with Gasteiger partial charge in [-0.05, 0) is 42.8 Å². The molecular formula is C19H20N4O2. The van der Waals surface area contributed by atoms with Gasteiger partial charge in [0.1, 0.15) is 5.75 Å². The Morgan fingerprint density at radius 1 is 1.20 bits per heavy atom. The minimum Gasteiger partial charge on any atom is -0.497 e. The van der Waals surface area contributed by atoms with Gasteiger partial charge in [-0.15, -0.1) is 0 Å². The van der Waals surface area contributed by atoms with E-state index in [-0.39, 0.29) is 12.3 Å². The van der Waals surface area contributed by atoms with Gasteiger partial charge in [-0.25, -0.2) is 0 Å². The number of hydrazone groups is 1. The number of rotatable bonds is 5. The van der Waals surface area contributed by atoms with Gasteiger partial charge in [-0.3, -0.25) is 4.79 Å². The zero-order valence-corrected chi connectivity index (χ0v) is 14.2. The molecule has 0 atom stereocenters. The third kappa shape index (κ3) is 3.47. The first-order chi connectivity index (χ1) is 12.1. The maximum Gasteiger partial charge on any atom is 0.228 e. The highest BCUT2D eigenvalue weighted by atomic mass is 16.5. The molecule has 0 unspecified atom stereocenters. The van der Waals surface area contributed by atoms with Crippen LogP contribution in [0.2, 0.25) is 0 Å². The molecule has 6 heteroatoms. The van der Waals surface area contributed by atoms with Crippen LogP contribution in [0.3, 0.4) is 0 Å². The number of hydrogen-bond donors (Lipinski definition) is 3. The molecule has 6 nitrogen and oxygen atoms in total. The predicted molar refractivity (Wildman–Crippen MR) is 100 cm³/mol. The lowest BCUT2D eigenvalue weighted by atomic mass is 10.0. The normalized spacial score (nSPS) is 11.5. The predicted octanol–water partition coefficient (Wildman–Crippen LogP) is 3.04. The summed E-state index contributed by atoms with van der Waals surface area (Å²) in [7, 11) is 1.60. The van der Waals surface area contributed by atoms with Crippen LogP contribution in [-0.2, 0) is 11.2 Å². The summed E-state index contributed by atoms with van der Waals surface area (Å²) in [4.78, 5) is 15.8. The number of H-pyrrole nitrogens is 1.